The molecule has 0 radical (unpaired) electrons. The molecule has 7 nitrogen and oxygen atoms in total. The highest BCUT2D eigenvalue weighted by molar-refractivity contribution is 5.90. The third-order valence-electron chi connectivity index (χ3n) is 4.42. The minimum absolute atomic E-state index is 0.226. The minimum Gasteiger partial charge on any atom is -0.457 e. The summed E-state index contributed by atoms with van der Waals surface area (Å²) < 4.78 is 7.10. The van der Waals surface area contributed by atoms with Crippen molar-refractivity contribution in [1.29, 1.82) is 5.26 Å². The Hall–Kier alpha value is -2.75. The van der Waals surface area contributed by atoms with E-state index in [1.54, 1.807) is 13.1 Å². The molecule has 0 spiro atoms. The van der Waals surface area contributed by atoms with Crippen LogP contribution in [0.4, 0.5) is 0 Å². The molecule has 0 bridgehead atoms. The monoisotopic (exact) mass is 339 g/mol. The molecular weight excluding hydrogens is 318 g/mol. The molecule has 2 aromatic rings. The van der Waals surface area contributed by atoms with E-state index in [2.05, 4.69) is 21.1 Å². The Kier molecular flexibility index (Phi) is 4.79. The van der Waals surface area contributed by atoms with Gasteiger partial charge in [-0.15, -0.1) is 0 Å². The predicted molar refractivity (Wildman–Crippen MR) is 90.1 cm³/mol. The number of ether oxygens (including phenoxy) is 1. The summed E-state index contributed by atoms with van der Waals surface area (Å²) in [6.45, 7) is 5.52. The summed E-state index contributed by atoms with van der Waals surface area (Å²) in [7, 11) is 0. The molecular formula is C18H21N5O2. The van der Waals surface area contributed by atoms with Gasteiger partial charge in [0, 0.05) is 17.6 Å². The molecule has 1 aliphatic rings. The van der Waals surface area contributed by atoms with Crippen molar-refractivity contribution in [2.24, 2.45) is 5.92 Å². The second kappa shape index (κ2) is 7.01. The van der Waals surface area contributed by atoms with Gasteiger partial charge in [0.05, 0.1) is 17.7 Å². The van der Waals surface area contributed by atoms with Crippen molar-refractivity contribution in [2.45, 2.75) is 52.6 Å². The first-order valence-electron chi connectivity index (χ1n) is 8.47. The second-order valence-corrected chi connectivity index (χ2v) is 6.49. The lowest BCUT2D eigenvalue weighted by molar-refractivity contribution is 0.0107. The van der Waals surface area contributed by atoms with Crippen LogP contribution >= 0.6 is 0 Å². The molecule has 0 aromatic carbocycles. The molecule has 2 aromatic heterocycles. The van der Waals surface area contributed by atoms with Gasteiger partial charge >= 0.3 is 5.97 Å². The van der Waals surface area contributed by atoms with E-state index in [-0.39, 0.29) is 12.0 Å². The van der Waals surface area contributed by atoms with Crippen molar-refractivity contribution in [3.63, 3.8) is 0 Å². The minimum atomic E-state index is -0.444. The normalized spacial score (nSPS) is 20.1. The number of aromatic nitrogens is 4. The number of carbonyl (C=O) groups is 1. The van der Waals surface area contributed by atoms with Crippen molar-refractivity contribution >= 4 is 5.97 Å². The second-order valence-electron chi connectivity index (χ2n) is 6.49. The van der Waals surface area contributed by atoms with Crippen LogP contribution < -0.4 is 0 Å². The number of carbonyl (C=O) groups excluding carboxylic acids is 1. The summed E-state index contributed by atoms with van der Waals surface area (Å²) in [5, 5.41) is 13.6. The lowest BCUT2D eigenvalue weighted by Gasteiger charge is -2.26. The summed E-state index contributed by atoms with van der Waals surface area (Å²) in [6, 6.07) is 4.13. The molecule has 1 aliphatic carbocycles. The van der Waals surface area contributed by atoms with Crippen molar-refractivity contribution in [1.82, 2.24) is 19.7 Å². The Labute approximate surface area is 146 Å². The van der Waals surface area contributed by atoms with E-state index in [9.17, 15) is 10.1 Å². The van der Waals surface area contributed by atoms with Crippen LogP contribution in [-0.2, 0) is 4.74 Å². The zero-order valence-electron chi connectivity index (χ0n) is 14.7. The summed E-state index contributed by atoms with van der Waals surface area (Å²) >= 11 is 0. The fourth-order valence-electron chi connectivity index (χ4n) is 3.16. The summed E-state index contributed by atoms with van der Waals surface area (Å²) in [5.74, 6) is -0.247. The number of nitrogens with zero attached hydrogens (tertiary/aromatic N) is 5. The maximum Gasteiger partial charge on any atom is 0.341 e. The van der Waals surface area contributed by atoms with Crippen molar-refractivity contribution in [3.05, 3.63) is 34.9 Å². The molecule has 130 valence electrons. The fraction of sp³-hybridized carbons (Fsp3) is 0.500. The number of hydrogen-bond donors (Lipinski definition) is 0. The van der Waals surface area contributed by atoms with Gasteiger partial charge in [-0.05, 0) is 46.1 Å². The molecule has 0 unspecified atom stereocenters. The van der Waals surface area contributed by atoms with Crippen LogP contribution in [0.3, 0.4) is 0 Å². The Morgan fingerprint density at radius 2 is 1.92 bits per heavy atom. The molecule has 7 heteroatoms. The number of nitriles is 1. The van der Waals surface area contributed by atoms with Crippen molar-refractivity contribution in [3.8, 4) is 12.0 Å². The van der Waals surface area contributed by atoms with Crippen LogP contribution in [0.5, 0.6) is 0 Å². The van der Waals surface area contributed by atoms with E-state index in [4.69, 9.17) is 4.74 Å². The SMILES string of the molecule is Cc1cc(C)nc(-n2cc(C(=O)O[C@@H]3CCCC[C@@H]3C#N)c(C)n2)n1. The molecule has 2 atom stereocenters. The first-order valence-corrected chi connectivity index (χ1v) is 8.47. The van der Waals surface area contributed by atoms with Gasteiger partial charge in [0.25, 0.3) is 5.95 Å². The van der Waals surface area contributed by atoms with Gasteiger partial charge in [-0.2, -0.15) is 10.4 Å². The van der Waals surface area contributed by atoms with Gasteiger partial charge in [-0.1, -0.05) is 6.42 Å². The van der Waals surface area contributed by atoms with Gasteiger partial charge in [0.15, 0.2) is 0 Å². The van der Waals surface area contributed by atoms with Gasteiger partial charge in [-0.25, -0.2) is 19.4 Å². The number of hydrogen-bond acceptors (Lipinski definition) is 6. The zero-order chi connectivity index (χ0) is 18.0. The predicted octanol–water partition coefficient (Wildman–Crippen LogP) is 2.83. The smallest absolute Gasteiger partial charge is 0.341 e. The van der Waals surface area contributed by atoms with E-state index in [1.165, 1.54) is 4.68 Å². The summed E-state index contributed by atoms with van der Waals surface area (Å²) in [5.41, 5.74) is 2.60. The van der Waals surface area contributed by atoms with Gasteiger partial charge < -0.3 is 4.74 Å². The highest BCUT2D eigenvalue weighted by Gasteiger charge is 2.29. The van der Waals surface area contributed by atoms with E-state index >= 15 is 0 Å². The highest BCUT2D eigenvalue weighted by Crippen LogP contribution is 2.27. The highest BCUT2D eigenvalue weighted by atomic mass is 16.5. The number of esters is 1. The van der Waals surface area contributed by atoms with E-state index in [1.807, 2.05) is 19.9 Å². The molecule has 0 amide bonds. The van der Waals surface area contributed by atoms with Gasteiger partial charge in [0.1, 0.15) is 11.7 Å². The maximum atomic E-state index is 12.5. The topological polar surface area (TPSA) is 93.7 Å². The van der Waals surface area contributed by atoms with Crippen LogP contribution in [0, 0.1) is 38.0 Å². The molecule has 2 heterocycles. The van der Waals surface area contributed by atoms with Crippen LogP contribution in [0.2, 0.25) is 0 Å². The quantitative estimate of drug-likeness (QED) is 0.798. The first-order chi connectivity index (χ1) is 12.0. The van der Waals surface area contributed by atoms with Crippen LogP contribution in [0.25, 0.3) is 5.95 Å². The van der Waals surface area contributed by atoms with Crippen molar-refractivity contribution < 1.29 is 9.53 Å². The third kappa shape index (κ3) is 3.68. The Morgan fingerprint density at radius 1 is 1.24 bits per heavy atom. The van der Waals surface area contributed by atoms with Crippen LogP contribution in [0.1, 0.15) is 53.1 Å². The average Bonchev–Trinajstić information content (AvgIpc) is 2.96. The molecule has 25 heavy (non-hydrogen) atoms. The maximum absolute atomic E-state index is 12.5. The Morgan fingerprint density at radius 3 is 2.60 bits per heavy atom. The molecule has 3 rings (SSSR count). The largest absolute Gasteiger partial charge is 0.457 e. The Balaban J connectivity index is 1.82. The van der Waals surface area contributed by atoms with Gasteiger partial charge in [0.2, 0.25) is 0 Å². The first kappa shape index (κ1) is 17.1. The van der Waals surface area contributed by atoms with Gasteiger partial charge in [-0.3, -0.25) is 0 Å². The number of rotatable bonds is 3. The van der Waals surface area contributed by atoms with Crippen LogP contribution in [-0.4, -0.2) is 31.8 Å². The molecule has 0 aliphatic heterocycles. The molecule has 0 saturated heterocycles. The number of aryl methyl sites for hydroxylation is 3. The lowest BCUT2D eigenvalue weighted by atomic mass is 9.87. The molecule has 1 fully saturated rings. The molecule has 0 N–H and O–H groups in total. The summed E-state index contributed by atoms with van der Waals surface area (Å²) in [6.07, 6.45) is 4.75. The standard InChI is InChI=1S/C18H21N5O2/c1-11-8-12(2)21-18(20-11)23-10-15(13(3)22-23)17(24)25-16-7-5-4-6-14(16)9-19/h8,10,14,16H,4-7H2,1-3H3/t14-,16-/m1/s1. The lowest BCUT2D eigenvalue weighted by Crippen LogP contribution is -2.29. The van der Waals surface area contributed by atoms with Crippen LogP contribution in [0.15, 0.2) is 12.3 Å². The fourth-order valence-corrected chi connectivity index (χ4v) is 3.16. The van der Waals surface area contributed by atoms with Crippen molar-refractivity contribution in [2.75, 3.05) is 0 Å². The average molecular weight is 339 g/mol. The molecule has 1 saturated carbocycles. The third-order valence-corrected chi connectivity index (χ3v) is 4.42. The zero-order valence-corrected chi connectivity index (χ0v) is 14.7. The van der Waals surface area contributed by atoms with E-state index in [0.717, 1.165) is 37.1 Å². The van der Waals surface area contributed by atoms with E-state index < -0.39 is 5.97 Å². The Bertz CT molecular complexity index is 816. The summed E-state index contributed by atoms with van der Waals surface area (Å²) in [4.78, 5) is 21.3. The van der Waals surface area contributed by atoms with E-state index in [0.29, 0.717) is 17.2 Å².